The van der Waals surface area contributed by atoms with Gasteiger partial charge in [-0.25, -0.2) is 0 Å². The quantitative estimate of drug-likeness (QED) is 0.763. The Labute approximate surface area is 168 Å². The second kappa shape index (κ2) is 8.80. The van der Waals surface area contributed by atoms with E-state index in [1.807, 2.05) is 31.2 Å². The third-order valence-corrected chi connectivity index (χ3v) is 5.85. The first kappa shape index (κ1) is 20.4. The number of ether oxygens (including phenoxy) is 1. The molecule has 1 aliphatic carbocycles. The van der Waals surface area contributed by atoms with E-state index in [-0.39, 0.29) is 24.0 Å². The van der Waals surface area contributed by atoms with Crippen LogP contribution in [0.25, 0.3) is 10.9 Å². The van der Waals surface area contributed by atoms with E-state index in [9.17, 15) is 4.79 Å². The molecule has 0 radical (unpaired) electrons. The van der Waals surface area contributed by atoms with Gasteiger partial charge in [0.1, 0.15) is 5.75 Å². The van der Waals surface area contributed by atoms with Gasteiger partial charge in [0, 0.05) is 23.3 Å². The summed E-state index contributed by atoms with van der Waals surface area (Å²) in [6.07, 6.45) is 4.78. The fraction of sp³-hybridized carbons (Fsp3) is 0.565. The van der Waals surface area contributed by atoms with Gasteiger partial charge in [-0.3, -0.25) is 9.78 Å². The molecule has 3 rings (SSSR count). The van der Waals surface area contributed by atoms with Crippen LogP contribution in [0.2, 0.25) is 0 Å². The van der Waals surface area contributed by atoms with Crippen molar-refractivity contribution in [2.24, 2.45) is 11.8 Å². The number of benzene rings is 1. The molecule has 0 saturated heterocycles. The summed E-state index contributed by atoms with van der Waals surface area (Å²) >= 11 is 0. The topological polar surface area (TPSA) is 77.2 Å². The third kappa shape index (κ3) is 4.57. The molecule has 0 spiro atoms. The van der Waals surface area contributed by atoms with Crippen LogP contribution >= 0.6 is 0 Å². The van der Waals surface area contributed by atoms with Crippen LogP contribution in [0.3, 0.4) is 0 Å². The highest BCUT2D eigenvalue weighted by Gasteiger charge is 2.27. The Kier molecular flexibility index (Phi) is 6.42. The molecule has 1 saturated carbocycles. The number of hydrogen-bond donors (Lipinski definition) is 2. The molecule has 152 valence electrons. The Hall–Kier alpha value is -2.30. The summed E-state index contributed by atoms with van der Waals surface area (Å²) in [5.74, 6) is 1.48. The van der Waals surface area contributed by atoms with Crippen molar-refractivity contribution in [3.05, 3.63) is 30.0 Å². The maximum Gasteiger partial charge on any atom is 0.223 e. The lowest BCUT2D eigenvalue weighted by atomic mass is 9.89. The van der Waals surface area contributed by atoms with E-state index in [0.29, 0.717) is 11.6 Å². The van der Waals surface area contributed by atoms with Crippen LogP contribution in [0, 0.1) is 18.8 Å². The van der Waals surface area contributed by atoms with Crippen LogP contribution in [-0.4, -0.2) is 23.0 Å². The number of nitrogens with zero attached hydrogens (tertiary/aromatic N) is 1. The molecule has 0 unspecified atom stereocenters. The summed E-state index contributed by atoms with van der Waals surface area (Å²) in [6, 6.07) is 8.05. The fourth-order valence-corrected chi connectivity index (χ4v) is 4.29. The van der Waals surface area contributed by atoms with Crippen LogP contribution in [0.1, 0.15) is 58.6 Å². The average Bonchev–Trinajstić information content (AvgIpc) is 2.63. The lowest BCUT2D eigenvalue weighted by Gasteiger charge is -2.31. The van der Waals surface area contributed by atoms with Gasteiger partial charge in [0.15, 0.2) is 0 Å². The Morgan fingerprint density at radius 1 is 1.29 bits per heavy atom. The predicted octanol–water partition coefficient (Wildman–Crippen LogP) is 4.61. The molecule has 0 aliphatic heterocycles. The van der Waals surface area contributed by atoms with E-state index in [2.05, 4.69) is 31.1 Å². The number of carbonyl (C=O) groups is 1. The molecule has 1 aromatic carbocycles. The van der Waals surface area contributed by atoms with E-state index in [0.717, 1.165) is 54.5 Å². The zero-order valence-corrected chi connectivity index (χ0v) is 17.5. The van der Waals surface area contributed by atoms with E-state index in [4.69, 9.17) is 10.5 Å². The van der Waals surface area contributed by atoms with Crippen molar-refractivity contribution in [1.82, 2.24) is 10.3 Å². The number of nitrogens with two attached hydrogens (primary N) is 1. The second-order valence-corrected chi connectivity index (χ2v) is 8.36. The van der Waals surface area contributed by atoms with Crippen molar-refractivity contribution in [2.75, 3.05) is 5.73 Å². The van der Waals surface area contributed by atoms with Crippen LogP contribution in [0.4, 0.5) is 5.69 Å². The second-order valence-electron chi connectivity index (χ2n) is 8.36. The van der Waals surface area contributed by atoms with Crippen molar-refractivity contribution >= 4 is 22.5 Å². The van der Waals surface area contributed by atoms with Gasteiger partial charge in [0.2, 0.25) is 5.91 Å². The highest BCUT2D eigenvalue weighted by Crippen LogP contribution is 2.33. The average molecular weight is 384 g/mol. The molecule has 28 heavy (non-hydrogen) atoms. The maximum atomic E-state index is 12.5. The number of aromatic nitrogens is 1. The Bertz CT molecular complexity index is 826. The number of hydrogen-bond acceptors (Lipinski definition) is 4. The standard InChI is InChI=1S/C23H33N3O2/c1-5-18(14(2)3)23(27)26-16-9-11-17(12-10-16)28-21-8-6-7-20-22(21)19(24)13-15(4)25-20/h6-8,13-14,16-18H,5,9-12H2,1-4H3,(H2,24,25)(H,26,27)/t16?,17?,18-/m0/s1. The van der Waals surface area contributed by atoms with Gasteiger partial charge >= 0.3 is 0 Å². The highest BCUT2D eigenvalue weighted by atomic mass is 16.5. The molecular formula is C23H33N3O2. The van der Waals surface area contributed by atoms with E-state index >= 15 is 0 Å². The van der Waals surface area contributed by atoms with Crippen molar-refractivity contribution < 1.29 is 9.53 Å². The van der Waals surface area contributed by atoms with Gasteiger partial charge in [-0.1, -0.05) is 26.8 Å². The molecule has 5 nitrogen and oxygen atoms in total. The highest BCUT2D eigenvalue weighted by molar-refractivity contribution is 5.95. The summed E-state index contributed by atoms with van der Waals surface area (Å²) in [7, 11) is 0. The predicted molar refractivity (Wildman–Crippen MR) is 114 cm³/mol. The Balaban J connectivity index is 1.61. The Morgan fingerprint density at radius 2 is 2.00 bits per heavy atom. The molecule has 1 aromatic heterocycles. The summed E-state index contributed by atoms with van der Waals surface area (Å²) in [5.41, 5.74) is 8.72. The zero-order chi connectivity index (χ0) is 20.3. The minimum Gasteiger partial charge on any atom is -0.490 e. The van der Waals surface area contributed by atoms with Crippen molar-refractivity contribution in [1.29, 1.82) is 0 Å². The first-order chi connectivity index (χ1) is 13.4. The lowest BCUT2D eigenvalue weighted by molar-refractivity contribution is -0.127. The van der Waals surface area contributed by atoms with Crippen LogP contribution in [-0.2, 0) is 4.79 Å². The number of nitrogen functional groups attached to an aromatic ring is 1. The molecule has 1 heterocycles. The minimum atomic E-state index is 0.101. The summed E-state index contributed by atoms with van der Waals surface area (Å²) in [6.45, 7) is 8.26. The minimum absolute atomic E-state index is 0.101. The number of rotatable bonds is 6. The van der Waals surface area contributed by atoms with Gasteiger partial charge in [-0.05, 0) is 63.1 Å². The summed E-state index contributed by atoms with van der Waals surface area (Å²) in [4.78, 5) is 17.1. The molecule has 1 atom stereocenters. The smallest absolute Gasteiger partial charge is 0.223 e. The van der Waals surface area contributed by atoms with Gasteiger partial charge in [-0.15, -0.1) is 0 Å². The number of carbonyl (C=O) groups excluding carboxylic acids is 1. The number of aryl methyl sites for hydroxylation is 1. The number of fused-ring (bicyclic) bond motifs is 1. The first-order valence-electron chi connectivity index (χ1n) is 10.5. The lowest BCUT2D eigenvalue weighted by Crippen LogP contribution is -2.43. The first-order valence-corrected chi connectivity index (χ1v) is 10.5. The third-order valence-electron chi connectivity index (χ3n) is 5.85. The monoisotopic (exact) mass is 383 g/mol. The number of pyridine rings is 1. The van der Waals surface area contributed by atoms with Crippen LogP contribution in [0.15, 0.2) is 24.3 Å². The molecule has 3 N–H and O–H groups in total. The molecule has 0 bridgehead atoms. The number of amides is 1. The summed E-state index contributed by atoms with van der Waals surface area (Å²) in [5, 5.41) is 4.15. The van der Waals surface area contributed by atoms with E-state index in [1.165, 1.54) is 0 Å². The van der Waals surface area contributed by atoms with Gasteiger partial charge in [-0.2, -0.15) is 0 Å². The number of nitrogens with one attached hydrogen (secondary N) is 1. The molecule has 1 aliphatic rings. The van der Waals surface area contributed by atoms with Crippen LogP contribution in [0.5, 0.6) is 5.75 Å². The Morgan fingerprint density at radius 3 is 2.64 bits per heavy atom. The normalized spacial score (nSPS) is 20.9. The zero-order valence-electron chi connectivity index (χ0n) is 17.5. The maximum absolute atomic E-state index is 12.5. The van der Waals surface area contributed by atoms with Crippen molar-refractivity contribution in [3.8, 4) is 5.75 Å². The number of anilines is 1. The van der Waals surface area contributed by atoms with E-state index in [1.54, 1.807) is 0 Å². The fourth-order valence-electron chi connectivity index (χ4n) is 4.29. The van der Waals surface area contributed by atoms with Gasteiger partial charge in [0.25, 0.3) is 0 Å². The van der Waals surface area contributed by atoms with E-state index < -0.39 is 0 Å². The van der Waals surface area contributed by atoms with Gasteiger partial charge in [0.05, 0.1) is 17.0 Å². The molecular weight excluding hydrogens is 350 g/mol. The van der Waals surface area contributed by atoms with Crippen molar-refractivity contribution in [2.45, 2.75) is 71.9 Å². The molecule has 5 heteroatoms. The summed E-state index contributed by atoms with van der Waals surface area (Å²) < 4.78 is 6.32. The van der Waals surface area contributed by atoms with Crippen LogP contribution < -0.4 is 15.8 Å². The largest absolute Gasteiger partial charge is 0.490 e. The van der Waals surface area contributed by atoms with Gasteiger partial charge < -0.3 is 15.8 Å². The molecule has 1 fully saturated rings. The van der Waals surface area contributed by atoms with Crippen molar-refractivity contribution in [3.63, 3.8) is 0 Å². The molecule has 2 aromatic rings. The molecule has 1 amide bonds. The SMILES string of the molecule is CC[C@H](C(=O)NC1CCC(Oc2cccc3nc(C)cc(N)c23)CC1)C(C)C.